The van der Waals surface area contributed by atoms with E-state index in [2.05, 4.69) is 15.1 Å². The van der Waals surface area contributed by atoms with Gasteiger partial charge in [-0.3, -0.25) is 4.68 Å². The summed E-state index contributed by atoms with van der Waals surface area (Å²) in [5.41, 5.74) is 1.64. The van der Waals surface area contributed by atoms with Crippen LogP contribution < -0.4 is 0 Å². The van der Waals surface area contributed by atoms with Gasteiger partial charge in [-0.2, -0.15) is 5.10 Å². The van der Waals surface area contributed by atoms with Gasteiger partial charge in [0.15, 0.2) is 0 Å². The van der Waals surface area contributed by atoms with Crippen LogP contribution in [0.1, 0.15) is 12.1 Å². The fourth-order valence-electron chi connectivity index (χ4n) is 2.82. The molecular weight excluding hydrogens is 421 g/mol. The molecule has 4 nitrogen and oxygen atoms in total. The Morgan fingerprint density at radius 2 is 1.97 bits per heavy atom. The molecule has 3 aromatic heterocycles. The number of rotatable bonds is 6. The predicted octanol–water partition coefficient (Wildman–Crippen LogP) is 6.21. The fourth-order valence-corrected chi connectivity index (χ4v) is 3.83. The zero-order valence-corrected chi connectivity index (χ0v) is 16.5. The normalized spacial score (nSPS) is 11.5. The Kier molecular flexibility index (Phi) is 5.73. The summed E-state index contributed by atoms with van der Waals surface area (Å²) in [4.78, 5) is 9.06. The zero-order chi connectivity index (χ0) is 20.4. The lowest BCUT2D eigenvalue weighted by atomic mass is 10.1. The van der Waals surface area contributed by atoms with E-state index in [0.29, 0.717) is 21.6 Å². The van der Waals surface area contributed by atoms with Crippen LogP contribution in [-0.4, -0.2) is 26.4 Å². The monoisotopic (exact) mass is 434 g/mol. The van der Waals surface area contributed by atoms with Crippen molar-refractivity contribution in [3.05, 3.63) is 65.6 Å². The first-order valence-corrected chi connectivity index (χ1v) is 9.85. The predicted molar refractivity (Wildman–Crippen MR) is 107 cm³/mol. The number of aromatic nitrogens is 4. The largest absolute Gasteiger partial charge is 0.280 e. The van der Waals surface area contributed by atoms with Crippen molar-refractivity contribution in [2.45, 2.75) is 22.9 Å². The lowest BCUT2D eigenvalue weighted by molar-refractivity contribution is 0.146. The number of halogens is 4. The van der Waals surface area contributed by atoms with Crippen molar-refractivity contribution in [2.75, 3.05) is 6.67 Å². The summed E-state index contributed by atoms with van der Waals surface area (Å²) in [5.74, 6) is 0. The van der Waals surface area contributed by atoms with Crippen molar-refractivity contribution in [3.63, 3.8) is 0 Å². The molecule has 0 unspecified atom stereocenters. The molecule has 4 rings (SSSR count). The van der Waals surface area contributed by atoms with Crippen LogP contribution in [0, 0.1) is 0 Å². The molecule has 29 heavy (non-hydrogen) atoms. The molecule has 0 fully saturated rings. The van der Waals surface area contributed by atoms with Crippen molar-refractivity contribution >= 4 is 34.3 Å². The molecule has 0 N–H and O–H groups in total. The van der Waals surface area contributed by atoms with E-state index in [1.54, 1.807) is 42.7 Å². The van der Waals surface area contributed by atoms with Gasteiger partial charge in [-0.1, -0.05) is 35.5 Å². The first-order chi connectivity index (χ1) is 14.0. The van der Waals surface area contributed by atoms with Crippen molar-refractivity contribution < 1.29 is 13.2 Å². The topological polar surface area (TPSA) is 43.6 Å². The highest BCUT2D eigenvalue weighted by Crippen LogP contribution is 2.36. The maximum absolute atomic E-state index is 12.9. The number of aryl methyl sites for hydroxylation is 1. The van der Waals surface area contributed by atoms with Crippen LogP contribution in [0.2, 0.25) is 5.02 Å². The molecule has 0 saturated heterocycles. The SMILES string of the molecule is FCCn1cc(Sc2ccc(Cl)cn2)c(-c2ccc3nc(C(F)F)ccc3c2)n1. The molecule has 0 aliphatic rings. The van der Waals surface area contributed by atoms with Gasteiger partial charge in [0.1, 0.15) is 23.1 Å². The third-order valence-corrected chi connectivity index (χ3v) is 5.36. The van der Waals surface area contributed by atoms with E-state index in [1.807, 2.05) is 6.07 Å². The zero-order valence-electron chi connectivity index (χ0n) is 14.9. The second-order valence-corrected chi connectivity index (χ2v) is 7.65. The summed E-state index contributed by atoms with van der Waals surface area (Å²) in [6, 6.07) is 11.7. The number of fused-ring (bicyclic) bond motifs is 1. The van der Waals surface area contributed by atoms with E-state index < -0.39 is 13.1 Å². The van der Waals surface area contributed by atoms with Crippen LogP contribution in [0.25, 0.3) is 22.2 Å². The molecule has 0 saturated carbocycles. The maximum Gasteiger partial charge on any atom is 0.280 e. The summed E-state index contributed by atoms with van der Waals surface area (Å²) < 4.78 is 40.1. The minimum absolute atomic E-state index is 0.133. The highest BCUT2D eigenvalue weighted by atomic mass is 35.5. The molecular formula is C20H14ClF3N4S. The smallest absolute Gasteiger partial charge is 0.268 e. The molecule has 0 radical (unpaired) electrons. The van der Waals surface area contributed by atoms with Crippen LogP contribution in [0.15, 0.2) is 64.8 Å². The minimum Gasteiger partial charge on any atom is -0.268 e. The van der Waals surface area contributed by atoms with E-state index in [4.69, 9.17) is 11.6 Å². The van der Waals surface area contributed by atoms with E-state index >= 15 is 0 Å². The van der Waals surface area contributed by atoms with Gasteiger partial charge in [-0.05, 0) is 30.3 Å². The van der Waals surface area contributed by atoms with E-state index in [-0.39, 0.29) is 12.2 Å². The van der Waals surface area contributed by atoms with Gasteiger partial charge in [0, 0.05) is 23.3 Å². The molecule has 0 amide bonds. The molecule has 4 aromatic rings. The van der Waals surface area contributed by atoms with Crippen molar-refractivity contribution in [3.8, 4) is 11.3 Å². The third-order valence-electron chi connectivity index (χ3n) is 4.16. The quantitative estimate of drug-likeness (QED) is 0.362. The van der Waals surface area contributed by atoms with Gasteiger partial charge in [-0.15, -0.1) is 0 Å². The number of benzene rings is 1. The molecule has 0 bridgehead atoms. The van der Waals surface area contributed by atoms with E-state index in [0.717, 1.165) is 15.5 Å². The van der Waals surface area contributed by atoms with Crippen LogP contribution >= 0.6 is 23.4 Å². The van der Waals surface area contributed by atoms with Gasteiger partial charge in [0.2, 0.25) is 0 Å². The van der Waals surface area contributed by atoms with E-state index in [9.17, 15) is 13.2 Å². The fraction of sp³-hybridized carbons (Fsp3) is 0.150. The average molecular weight is 435 g/mol. The Labute approximate surface area is 173 Å². The summed E-state index contributed by atoms with van der Waals surface area (Å²) >= 11 is 7.28. The van der Waals surface area contributed by atoms with Gasteiger partial charge in [0.25, 0.3) is 6.43 Å². The van der Waals surface area contributed by atoms with Crippen LogP contribution in [0.3, 0.4) is 0 Å². The minimum atomic E-state index is -2.62. The number of pyridine rings is 2. The molecule has 9 heteroatoms. The number of hydrogen-bond donors (Lipinski definition) is 0. The highest BCUT2D eigenvalue weighted by Gasteiger charge is 2.15. The number of alkyl halides is 3. The Hall–Kier alpha value is -2.58. The first-order valence-electron chi connectivity index (χ1n) is 8.65. The Morgan fingerprint density at radius 1 is 1.10 bits per heavy atom. The molecule has 0 atom stereocenters. The van der Waals surface area contributed by atoms with Crippen LogP contribution in [0.4, 0.5) is 13.2 Å². The van der Waals surface area contributed by atoms with Gasteiger partial charge >= 0.3 is 0 Å². The average Bonchev–Trinajstić information content (AvgIpc) is 3.11. The number of hydrogen-bond acceptors (Lipinski definition) is 4. The molecule has 0 spiro atoms. The first kappa shape index (κ1) is 19.7. The van der Waals surface area contributed by atoms with E-state index in [1.165, 1.54) is 22.5 Å². The molecule has 1 aromatic carbocycles. The lowest BCUT2D eigenvalue weighted by Gasteiger charge is -2.06. The molecule has 0 aliphatic heterocycles. The summed E-state index contributed by atoms with van der Waals surface area (Å²) in [6.07, 6.45) is 0.695. The van der Waals surface area contributed by atoms with Crippen LogP contribution in [-0.2, 0) is 6.54 Å². The maximum atomic E-state index is 12.9. The Bertz CT molecular complexity index is 1150. The second-order valence-electron chi connectivity index (χ2n) is 6.16. The van der Waals surface area contributed by atoms with Crippen molar-refractivity contribution in [2.24, 2.45) is 0 Å². The Balaban J connectivity index is 1.74. The third kappa shape index (κ3) is 4.38. The lowest BCUT2D eigenvalue weighted by Crippen LogP contribution is -1.99. The molecule has 148 valence electrons. The Morgan fingerprint density at radius 3 is 2.69 bits per heavy atom. The highest BCUT2D eigenvalue weighted by molar-refractivity contribution is 7.99. The van der Waals surface area contributed by atoms with Gasteiger partial charge < -0.3 is 0 Å². The second kappa shape index (κ2) is 8.42. The summed E-state index contributed by atoms with van der Waals surface area (Å²) in [7, 11) is 0. The summed E-state index contributed by atoms with van der Waals surface area (Å²) in [6.45, 7) is -0.406. The summed E-state index contributed by atoms with van der Waals surface area (Å²) in [5, 5.41) is 6.47. The van der Waals surface area contributed by atoms with Gasteiger partial charge in [-0.25, -0.2) is 23.1 Å². The van der Waals surface area contributed by atoms with Crippen LogP contribution in [0.5, 0.6) is 0 Å². The van der Waals surface area contributed by atoms with Crippen molar-refractivity contribution in [1.29, 1.82) is 0 Å². The molecule has 0 aliphatic carbocycles. The standard InChI is InChI=1S/C20H14ClF3N4S/c21-14-3-6-18(25-10-14)29-17-11-28(8-7-22)27-19(17)13-2-4-15-12(9-13)1-5-16(26-15)20(23)24/h1-6,9-11,20H,7-8H2. The molecule has 3 heterocycles. The van der Waals surface area contributed by atoms with Gasteiger partial charge in [0.05, 0.1) is 22.0 Å². The van der Waals surface area contributed by atoms with Crippen molar-refractivity contribution in [1.82, 2.24) is 19.7 Å². The number of nitrogens with zero attached hydrogens (tertiary/aromatic N) is 4.